The van der Waals surface area contributed by atoms with Crippen molar-refractivity contribution in [2.45, 2.75) is 31.7 Å². The summed E-state index contributed by atoms with van der Waals surface area (Å²) in [6.07, 6.45) is 1.38. The van der Waals surface area contributed by atoms with Crippen molar-refractivity contribution in [2.24, 2.45) is 7.05 Å². The van der Waals surface area contributed by atoms with E-state index in [4.69, 9.17) is 4.84 Å². The van der Waals surface area contributed by atoms with E-state index >= 15 is 0 Å². The lowest BCUT2D eigenvalue weighted by atomic mass is 10.4. The van der Waals surface area contributed by atoms with Crippen LogP contribution >= 0.6 is 0 Å². The molecule has 1 rings (SSSR count). The summed E-state index contributed by atoms with van der Waals surface area (Å²) >= 11 is 0. The van der Waals surface area contributed by atoms with E-state index in [-0.39, 0.29) is 16.6 Å². The summed E-state index contributed by atoms with van der Waals surface area (Å²) in [5.74, 6) is -0.490. The van der Waals surface area contributed by atoms with E-state index in [1.54, 1.807) is 27.8 Å². The van der Waals surface area contributed by atoms with Crippen LogP contribution in [0.1, 0.15) is 31.3 Å². The fourth-order valence-electron chi connectivity index (χ4n) is 1.48. The standard InChI is InChI=1S/C11H19N3O4S/c1-5-18-12-11(15)10-6-9(7-14(10)4)19(16,17)13-8(2)3/h6-8,13H,5H2,1-4H3,(H,12,15). The van der Waals surface area contributed by atoms with Gasteiger partial charge >= 0.3 is 0 Å². The number of amides is 1. The lowest BCUT2D eigenvalue weighted by Crippen LogP contribution is -2.30. The van der Waals surface area contributed by atoms with Crippen LogP contribution in [0.2, 0.25) is 0 Å². The van der Waals surface area contributed by atoms with Crippen LogP contribution in [0.4, 0.5) is 0 Å². The molecule has 0 aliphatic carbocycles. The molecule has 0 unspecified atom stereocenters. The van der Waals surface area contributed by atoms with Crippen molar-refractivity contribution in [1.82, 2.24) is 14.8 Å². The number of nitrogens with zero attached hydrogens (tertiary/aromatic N) is 1. The highest BCUT2D eigenvalue weighted by Crippen LogP contribution is 2.13. The smallest absolute Gasteiger partial charge is 0.291 e. The fraction of sp³-hybridized carbons (Fsp3) is 0.545. The first kappa shape index (κ1) is 15.7. The number of sulfonamides is 1. The monoisotopic (exact) mass is 289 g/mol. The lowest BCUT2D eigenvalue weighted by molar-refractivity contribution is 0.0357. The Balaban J connectivity index is 2.99. The molecule has 0 saturated carbocycles. The normalized spacial score (nSPS) is 11.8. The third-order valence-electron chi connectivity index (χ3n) is 2.22. The van der Waals surface area contributed by atoms with Crippen LogP contribution in [0.3, 0.4) is 0 Å². The highest BCUT2D eigenvalue weighted by atomic mass is 32.2. The number of aryl methyl sites for hydroxylation is 1. The minimum Gasteiger partial charge on any atom is -0.345 e. The third kappa shape index (κ3) is 4.05. The van der Waals surface area contributed by atoms with Crippen molar-refractivity contribution in [3.63, 3.8) is 0 Å². The van der Waals surface area contributed by atoms with E-state index in [1.165, 1.54) is 16.8 Å². The minimum atomic E-state index is -3.61. The van der Waals surface area contributed by atoms with Gasteiger partial charge in [-0.25, -0.2) is 18.6 Å². The van der Waals surface area contributed by atoms with Crippen molar-refractivity contribution in [1.29, 1.82) is 0 Å². The Bertz CT molecular complexity index is 548. The molecule has 0 aromatic carbocycles. The molecule has 0 saturated heterocycles. The molecule has 8 heteroatoms. The van der Waals surface area contributed by atoms with E-state index in [0.29, 0.717) is 6.61 Å². The van der Waals surface area contributed by atoms with Gasteiger partial charge in [0.15, 0.2) is 0 Å². The number of rotatable bonds is 6. The molecule has 1 aromatic rings. The Morgan fingerprint density at radius 2 is 2.11 bits per heavy atom. The molecular formula is C11H19N3O4S. The van der Waals surface area contributed by atoms with Gasteiger partial charge in [0.1, 0.15) is 10.6 Å². The van der Waals surface area contributed by atoms with Crippen molar-refractivity contribution in [3.8, 4) is 0 Å². The summed E-state index contributed by atoms with van der Waals surface area (Å²) in [5.41, 5.74) is 2.43. The molecule has 0 aliphatic rings. The van der Waals surface area contributed by atoms with Crippen LogP contribution in [-0.2, 0) is 21.9 Å². The Morgan fingerprint density at radius 1 is 1.47 bits per heavy atom. The quantitative estimate of drug-likeness (QED) is 0.742. The molecule has 7 nitrogen and oxygen atoms in total. The van der Waals surface area contributed by atoms with Crippen LogP contribution in [0.15, 0.2) is 17.2 Å². The van der Waals surface area contributed by atoms with Crippen LogP contribution in [0, 0.1) is 0 Å². The van der Waals surface area contributed by atoms with Gasteiger partial charge in [0.25, 0.3) is 5.91 Å². The number of aromatic nitrogens is 1. The molecule has 0 radical (unpaired) electrons. The molecule has 0 atom stereocenters. The van der Waals surface area contributed by atoms with E-state index in [9.17, 15) is 13.2 Å². The first-order valence-corrected chi connectivity index (χ1v) is 7.37. The molecule has 0 fully saturated rings. The molecule has 1 amide bonds. The van der Waals surface area contributed by atoms with E-state index in [2.05, 4.69) is 10.2 Å². The zero-order chi connectivity index (χ0) is 14.6. The first-order valence-electron chi connectivity index (χ1n) is 5.88. The molecule has 1 heterocycles. The maximum Gasteiger partial charge on any atom is 0.291 e. The summed E-state index contributed by atoms with van der Waals surface area (Å²) in [6, 6.07) is 1.09. The average molecular weight is 289 g/mol. The number of hydrogen-bond donors (Lipinski definition) is 2. The largest absolute Gasteiger partial charge is 0.345 e. The van der Waals surface area contributed by atoms with E-state index in [0.717, 1.165) is 0 Å². The molecule has 0 spiro atoms. The number of carbonyl (C=O) groups excluding carboxylic acids is 1. The van der Waals surface area contributed by atoms with Crippen LogP contribution in [0.25, 0.3) is 0 Å². The van der Waals surface area contributed by atoms with Gasteiger partial charge < -0.3 is 4.57 Å². The van der Waals surface area contributed by atoms with Gasteiger partial charge in [-0.3, -0.25) is 9.63 Å². The Hall–Kier alpha value is -1.38. The van der Waals surface area contributed by atoms with Crippen molar-refractivity contribution in [3.05, 3.63) is 18.0 Å². The number of nitrogens with one attached hydrogen (secondary N) is 2. The summed E-state index contributed by atoms with van der Waals surface area (Å²) in [5, 5.41) is 0. The fourth-order valence-corrected chi connectivity index (χ4v) is 2.80. The van der Waals surface area contributed by atoms with Gasteiger partial charge in [-0.05, 0) is 26.8 Å². The van der Waals surface area contributed by atoms with Gasteiger partial charge in [-0.1, -0.05) is 0 Å². The van der Waals surface area contributed by atoms with Crippen molar-refractivity contribution in [2.75, 3.05) is 6.61 Å². The third-order valence-corrected chi connectivity index (χ3v) is 3.85. The molecular weight excluding hydrogens is 270 g/mol. The average Bonchev–Trinajstić information content (AvgIpc) is 2.67. The molecule has 0 aliphatic heterocycles. The Morgan fingerprint density at radius 3 is 2.63 bits per heavy atom. The maximum absolute atomic E-state index is 12.0. The van der Waals surface area contributed by atoms with Crippen LogP contribution in [-0.4, -0.2) is 31.5 Å². The maximum atomic E-state index is 12.0. The Kier molecular flexibility index (Phi) is 5.10. The summed E-state index contributed by atoms with van der Waals surface area (Å²) in [4.78, 5) is 16.5. The molecule has 19 heavy (non-hydrogen) atoms. The molecule has 1 aromatic heterocycles. The lowest BCUT2D eigenvalue weighted by Gasteiger charge is -2.07. The number of hydrogen-bond acceptors (Lipinski definition) is 4. The molecule has 0 bridgehead atoms. The topological polar surface area (TPSA) is 89.4 Å². The predicted octanol–water partition coefficient (Wildman–Crippen LogP) is 0.393. The van der Waals surface area contributed by atoms with Gasteiger partial charge in [-0.15, -0.1) is 0 Å². The van der Waals surface area contributed by atoms with Crippen LogP contribution in [0.5, 0.6) is 0 Å². The highest BCUT2D eigenvalue weighted by molar-refractivity contribution is 7.89. The zero-order valence-electron chi connectivity index (χ0n) is 11.4. The van der Waals surface area contributed by atoms with E-state index < -0.39 is 15.9 Å². The predicted molar refractivity (Wildman–Crippen MR) is 70.0 cm³/mol. The van der Waals surface area contributed by atoms with Gasteiger partial charge in [0.05, 0.1) is 6.61 Å². The second-order valence-corrected chi connectivity index (χ2v) is 6.03. The molecule has 108 valence electrons. The number of carbonyl (C=O) groups is 1. The summed E-state index contributed by atoms with van der Waals surface area (Å²) < 4.78 is 27.8. The number of hydroxylamine groups is 1. The Labute approximate surface area is 112 Å². The second-order valence-electron chi connectivity index (χ2n) is 4.31. The second kappa shape index (κ2) is 6.18. The van der Waals surface area contributed by atoms with E-state index in [1.807, 2.05) is 0 Å². The van der Waals surface area contributed by atoms with Crippen molar-refractivity contribution >= 4 is 15.9 Å². The van der Waals surface area contributed by atoms with Gasteiger partial charge in [-0.2, -0.15) is 0 Å². The first-order chi connectivity index (χ1) is 8.77. The van der Waals surface area contributed by atoms with Gasteiger partial charge in [0, 0.05) is 19.3 Å². The highest BCUT2D eigenvalue weighted by Gasteiger charge is 2.21. The molecule has 2 N–H and O–H groups in total. The minimum absolute atomic E-state index is 0.0466. The van der Waals surface area contributed by atoms with Crippen molar-refractivity contribution < 1.29 is 18.0 Å². The van der Waals surface area contributed by atoms with Crippen LogP contribution < -0.4 is 10.2 Å². The summed E-state index contributed by atoms with van der Waals surface area (Å²) in [7, 11) is -2.01. The summed E-state index contributed by atoms with van der Waals surface area (Å²) in [6.45, 7) is 5.51. The zero-order valence-corrected chi connectivity index (χ0v) is 12.2. The van der Waals surface area contributed by atoms with Gasteiger partial charge in [0.2, 0.25) is 10.0 Å². The SMILES string of the molecule is CCONC(=O)c1cc(S(=O)(=O)NC(C)C)cn1C.